The molecule has 0 N–H and O–H groups in total. The number of hydrogen-bond acceptors (Lipinski definition) is 5. The number of methoxy groups -OCH3 is 1. The normalized spacial score (nSPS) is 32.9. The molecule has 5 heteroatoms. The van der Waals surface area contributed by atoms with Crippen LogP contribution in [0.25, 0.3) is 0 Å². The molecule has 0 bridgehead atoms. The van der Waals surface area contributed by atoms with Gasteiger partial charge in [0.1, 0.15) is 25.1 Å². The molecule has 0 radical (unpaired) electrons. The minimum atomic E-state index is -0.299. The van der Waals surface area contributed by atoms with Crippen molar-refractivity contribution in [2.24, 2.45) is 0 Å². The van der Waals surface area contributed by atoms with Crippen molar-refractivity contribution in [3.8, 4) is 0 Å². The summed E-state index contributed by atoms with van der Waals surface area (Å²) >= 11 is 0. The molecule has 0 amide bonds. The number of epoxide rings is 1. The van der Waals surface area contributed by atoms with Crippen LogP contribution in [0.5, 0.6) is 0 Å². The van der Waals surface area contributed by atoms with E-state index in [1.807, 2.05) is 30.3 Å². The van der Waals surface area contributed by atoms with Gasteiger partial charge in [-0.15, -0.1) is 0 Å². The summed E-state index contributed by atoms with van der Waals surface area (Å²) < 4.78 is 27.3. The molecular formula is C14H18O5. The zero-order chi connectivity index (χ0) is 13.1. The molecule has 2 aliphatic rings. The first-order valence-corrected chi connectivity index (χ1v) is 6.41. The van der Waals surface area contributed by atoms with E-state index in [2.05, 4.69) is 0 Å². The van der Waals surface area contributed by atoms with Crippen LogP contribution in [0.1, 0.15) is 5.56 Å². The summed E-state index contributed by atoms with van der Waals surface area (Å²) in [4.78, 5) is 0. The van der Waals surface area contributed by atoms with Gasteiger partial charge in [0.25, 0.3) is 0 Å². The highest BCUT2D eigenvalue weighted by Crippen LogP contribution is 2.36. The van der Waals surface area contributed by atoms with Crippen molar-refractivity contribution in [1.29, 1.82) is 0 Å². The Kier molecular flexibility index (Phi) is 4.10. The van der Waals surface area contributed by atoms with Crippen molar-refractivity contribution in [2.75, 3.05) is 20.5 Å². The lowest BCUT2D eigenvalue weighted by atomic mass is 10.1. The van der Waals surface area contributed by atoms with Crippen molar-refractivity contribution >= 4 is 0 Å². The highest BCUT2D eigenvalue weighted by atomic mass is 16.8. The largest absolute Gasteiger partial charge is 0.361 e. The van der Waals surface area contributed by atoms with Gasteiger partial charge in [0, 0.05) is 7.11 Å². The lowest BCUT2D eigenvalue weighted by Crippen LogP contribution is -2.40. The maximum Gasteiger partial charge on any atom is 0.186 e. The molecule has 4 atom stereocenters. The molecule has 2 saturated heterocycles. The van der Waals surface area contributed by atoms with Gasteiger partial charge in [0.15, 0.2) is 6.29 Å². The molecule has 3 rings (SSSR count). The van der Waals surface area contributed by atoms with Gasteiger partial charge in [0.05, 0.1) is 13.2 Å². The first kappa shape index (κ1) is 13.0. The van der Waals surface area contributed by atoms with Crippen LogP contribution in [0, 0.1) is 0 Å². The van der Waals surface area contributed by atoms with Crippen molar-refractivity contribution in [3.05, 3.63) is 35.9 Å². The van der Waals surface area contributed by atoms with E-state index in [1.165, 1.54) is 0 Å². The van der Waals surface area contributed by atoms with Gasteiger partial charge >= 0.3 is 0 Å². The van der Waals surface area contributed by atoms with Crippen LogP contribution in [-0.4, -0.2) is 45.1 Å². The summed E-state index contributed by atoms with van der Waals surface area (Å²) in [7, 11) is 1.60. The topological polar surface area (TPSA) is 49.5 Å². The molecule has 0 saturated carbocycles. The minimum absolute atomic E-state index is 0.0145. The average molecular weight is 266 g/mol. The third kappa shape index (κ3) is 3.13. The van der Waals surface area contributed by atoms with Crippen molar-refractivity contribution in [2.45, 2.75) is 31.2 Å². The van der Waals surface area contributed by atoms with E-state index in [-0.39, 0.29) is 31.4 Å². The Morgan fingerprint density at radius 1 is 1.16 bits per heavy atom. The fourth-order valence-electron chi connectivity index (χ4n) is 2.23. The fourth-order valence-corrected chi connectivity index (χ4v) is 2.23. The molecule has 104 valence electrons. The summed E-state index contributed by atoms with van der Waals surface area (Å²) in [5.74, 6) is 0. The Morgan fingerprint density at radius 2 is 2.00 bits per heavy atom. The van der Waals surface area contributed by atoms with E-state index in [4.69, 9.17) is 23.7 Å². The standard InChI is InChI=1S/C14H18O5/c1-15-9-18-11-8-17-14(13-12(11)19-13)16-7-10-5-3-2-4-6-10/h2-6,11-14H,7-9H2,1H3/t11-,12+,13+,14-/m0/s1. The Balaban J connectivity index is 1.45. The van der Waals surface area contributed by atoms with Gasteiger partial charge in [-0.25, -0.2) is 0 Å². The van der Waals surface area contributed by atoms with Crippen LogP contribution in [0.3, 0.4) is 0 Å². The predicted molar refractivity (Wildman–Crippen MR) is 66.4 cm³/mol. The molecule has 0 unspecified atom stereocenters. The molecule has 19 heavy (non-hydrogen) atoms. The maximum absolute atomic E-state index is 5.74. The maximum atomic E-state index is 5.74. The summed E-state index contributed by atoms with van der Waals surface area (Å²) in [6.07, 6.45) is -0.293. The second-order valence-corrected chi connectivity index (χ2v) is 4.68. The lowest BCUT2D eigenvalue weighted by molar-refractivity contribution is -0.198. The third-order valence-corrected chi connectivity index (χ3v) is 3.28. The first-order chi connectivity index (χ1) is 9.38. The van der Waals surface area contributed by atoms with E-state index < -0.39 is 0 Å². The average Bonchev–Trinajstić information content (AvgIpc) is 3.25. The van der Waals surface area contributed by atoms with Gasteiger partial charge in [-0.2, -0.15) is 0 Å². The summed E-state index contributed by atoms with van der Waals surface area (Å²) in [5.41, 5.74) is 1.13. The fraction of sp³-hybridized carbons (Fsp3) is 0.571. The van der Waals surface area contributed by atoms with E-state index in [9.17, 15) is 0 Å². The highest BCUT2D eigenvalue weighted by molar-refractivity contribution is 5.13. The molecule has 2 heterocycles. The number of rotatable bonds is 6. The molecule has 0 spiro atoms. The van der Waals surface area contributed by atoms with Gasteiger partial charge < -0.3 is 23.7 Å². The van der Waals surface area contributed by atoms with Crippen LogP contribution < -0.4 is 0 Å². The Bertz CT molecular complexity index is 396. The van der Waals surface area contributed by atoms with Crippen molar-refractivity contribution in [3.63, 3.8) is 0 Å². The van der Waals surface area contributed by atoms with Gasteiger partial charge in [0.2, 0.25) is 0 Å². The Labute approximate surface area is 112 Å². The molecule has 2 fully saturated rings. The second kappa shape index (κ2) is 5.98. The predicted octanol–water partition coefficient (Wildman–Crippen LogP) is 1.32. The number of fused-ring (bicyclic) bond motifs is 1. The van der Waals surface area contributed by atoms with E-state index in [0.29, 0.717) is 13.2 Å². The molecule has 1 aromatic carbocycles. The number of hydrogen-bond donors (Lipinski definition) is 0. The van der Waals surface area contributed by atoms with Gasteiger partial charge in [-0.1, -0.05) is 30.3 Å². The summed E-state index contributed by atoms with van der Waals surface area (Å²) in [5, 5.41) is 0. The van der Waals surface area contributed by atoms with Crippen molar-refractivity contribution in [1.82, 2.24) is 0 Å². The van der Waals surface area contributed by atoms with E-state index in [0.717, 1.165) is 5.56 Å². The zero-order valence-corrected chi connectivity index (χ0v) is 10.9. The van der Waals surface area contributed by atoms with Crippen LogP contribution in [-0.2, 0) is 30.3 Å². The van der Waals surface area contributed by atoms with E-state index >= 15 is 0 Å². The highest BCUT2D eigenvalue weighted by Gasteiger charge is 2.55. The minimum Gasteiger partial charge on any atom is -0.361 e. The van der Waals surface area contributed by atoms with Crippen LogP contribution in [0.15, 0.2) is 30.3 Å². The SMILES string of the molecule is COCO[C@H]1CO[C@H](OCc2ccccc2)[C@@H]2O[C@@H]21. The Morgan fingerprint density at radius 3 is 2.79 bits per heavy atom. The Hall–Kier alpha value is -0.980. The third-order valence-electron chi connectivity index (χ3n) is 3.28. The number of benzene rings is 1. The van der Waals surface area contributed by atoms with Gasteiger partial charge in [-0.05, 0) is 5.56 Å². The monoisotopic (exact) mass is 266 g/mol. The van der Waals surface area contributed by atoms with Crippen LogP contribution >= 0.6 is 0 Å². The second-order valence-electron chi connectivity index (χ2n) is 4.68. The van der Waals surface area contributed by atoms with E-state index in [1.54, 1.807) is 7.11 Å². The van der Waals surface area contributed by atoms with Crippen LogP contribution in [0.2, 0.25) is 0 Å². The molecule has 0 aromatic heterocycles. The molecule has 1 aromatic rings. The zero-order valence-electron chi connectivity index (χ0n) is 10.9. The quantitative estimate of drug-likeness (QED) is 0.574. The summed E-state index contributed by atoms with van der Waals surface area (Å²) in [6.45, 7) is 1.27. The molecule has 0 aliphatic carbocycles. The van der Waals surface area contributed by atoms with Gasteiger partial charge in [-0.3, -0.25) is 0 Å². The smallest absolute Gasteiger partial charge is 0.186 e. The van der Waals surface area contributed by atoms with Crippen molar-refractivity contribution < 1.29 is 23.7 Å². The first-order valence-electron chi connectivity index (χ1n) is 6.41. The molecule has 5 nitrogen and oxygen atoms in total. The summed E-state index contributed by atoms with van der Waals surface area (Å²) in [6, 6.07) is 10.0. The molecular weight excluding hydrogens is 248 g/mol. The number of ether oxygens (including phenoxy) is 5. The molecule has 2 aliphatic heterocycles. The van der Waals surface area contributed by atoms with Crippen LogP contribution in [0.4, 0.5) is 0 Å². The lowest BCUT2D eigenvalue weighted by Gasteiger charge is -2.25.